The van der Waals surface area contributed by atoms with Gasteiger partial charge in [0.05, 0.1) is 28.6 Å². The first kappa shape index (κ1) is 18.2. The Morgan fingerprint density at radius 1 is 0.935 bits per heavy atom. The number of H-pyrrole nitrogens is 2. The molecule has 5 heterocycles. The quantitative estimate of drug-likeness (QED) is 0.447. The molecule has 156 valence electrons. The fourth-order valence-corrected chi connectivity index (χ4v) is 4.67. The molecular formula is C24H25N7. The number of fused-ring (bicyclic) bond motifs is 2. The van der Waals surface area contributed by atoms with E-state index in [1.807, 2.05) is 32.4 Å². The van der Waals surface area contributed by atoms with E-state index in [-0.39, 0.29) is 0 Å². The van der Waals surface area contributed by atoms with Gasteiger partial charge in [-0.1, -0.05) is 6.07 Å². The van der Waals surface area contributed by atoms with E-state index < -0.39 is 0 Å². The van der Waals surface area contributed by atoms with Gasteiger partial charge in [-0.25, -0.2) is 9.97 Å². The molecule has 0 amide bonds. The molecule has 7 heteroatoms. The number of pyridine rings is 1. The number of anilines is 1. The molecule has 31 heavy (non-hydrogen) atoms. The summed E-state index contributed by atoms with van der Waals surface area (Å²) >= 11 is 0. The van der Waals surface area contributed by atoms with Crippen molar-refractivity contribution in [3.63, 3.8) is 0 Å². The van der Waals surface area contributed by atoms with E-state index in [0.29, 0.717) is 0 Å². The van der Waals surface area contributed by atoms with Crippen LogP contribution in [0.25, 0.3) is 44.5 Å². The molecule has 0 atom stereocenters. The van der Waals surface area contributed by atoms with Crippen LogP contribution < -0.4 is 4.90 Å². The second kappa shape index (κ2) is 6.97. The number of aryl methyl sites for hydroxylation is 1. The van der Waals surface area contributed by atoms with Crippen LogP contribution in [0.3, 0.4) is 0 Å². The molecule has 1 aliphatic rings. The van der Waals surface area contributed by atoms with Crippen molar-refractivity contribution in [2.24, 2.45) is 7.05 Å². The smallest absolute Gasteiger partial charge is 0.137 e. The number of hydrogen-bond acceptors (Lipinski definition) is 4. The zero-order chi connectivity index (χ0) is 20.9. The van der Waals surface area contributed by atoms with E-state index >= 15 is 0 Å². The van der Waals surface area contributed by atoms with Crippen molar-refractivity contribution in [3.8, 4) is 22.6 Å². The third-order valence-corrected chi connectivity index (χ3v) is 6.52. The van der Waals surface area contributed by atoms with E-state index in [0.717, 1.165) is 69.2 Å². The zero-order valence-corrected chi connectivity index (χ0v) is 17.8. The van der Waals surface area contributed by atoms with Crippen molar-refractivity contribution in [1.29, 1.82) is 0 Å². The number of nitrogens with zero attached hydrogens (tertiary/aromatic N) is 5. The van der Waals surface area contributed by atoms with Gasteiger partial charge in [0, 0.05) is 42.7 Å². The maximum absolute atomic E-state index is 4.72. The number of benzene rings is 1. The van der Waals surface area contributed by atoms with Crippen molar-refractivity contribution >= 4 is 27.6 Å². The van der Waals surface area contributed by atoms with Crippen LogP contribution >= 0.6 is 0 Å². The molecule has 1 saturated heterocycles. The largest absolute Gasteiger partial charge is 0.356 e. The molecular weight excluding hydrogens is 386 g/mol. The standard InChI is InChI=1S/C24H25N7/c1-15-26-14-22(30(15)2)16-6-7-20-17(12-16)23(29-28-20)21-13-18-19(27-21)8-9-25-24(18)31-10-4-3-5-11-31/h6-9,12-14,27H,3-5,10-11H2,1-2H3,(H,28,29). The number of nitrogens with one attached hydrogen (secondary N) is 2. The first-order chi connectivity index (χ1) is 15.2. The number of imidazole rings is 1. The normalized spacial score (nSPS) is 14.7. The molecule has 1 fully saturated rings. The Morgan fingerprint density at radius 3 is 2.61 bits per heavy atom. The highest BCUT2D eigenvalue weighted by Gasteiger charge is 2.18. The van der Waals surface area contributed by atoms with Crippen LogP contribution in [0, 0.1) is 6.92 Å². The van der Waals surface area contributed by atoms with Crippen LogP contribution in [0.1, 0.15) is 25.1 Å². The molecule has 0 bridgehead atoms. The first-order valence-corrected chi connectivity index (χ1v) is 10.9. The second-order valence-electron chi connectivity index (χ2n) is 8.41. The highest BCUT2D eigenvalue weighted by Crippen LogP contribution is 2.34. The Kier molecular flexibility index (Phi) is 4.09. The summed E-state index contributed by atoms with van der Waals surface area (Å²) in [6.45, 7) is 4.17. The third-order valence-electron chi connectivity index (χ3n) is 6.52. The summed E-state index contributed by atoms with van der Waals surface area (Å²) in [5, 5.41) is 10.1. The lowest BCUT2D eigenvalue weighted by molar-refractivity contribution is 0.575. The lowest BCUT2D eigenvalue weighted by Gasteiger charge is -2.28. The van der Waals surface area contributed by atoms with Crippen molar-refractivity contribution in [2.45, 2.75) is 26.2 Å². The Labute approximate surface area is 180 Å². The van der Waals surface area contributed by atoms with Crippen LogP contribution in [0.5, 0.6) is 0 Å². The van der Waals surface area contributed by atoms with Gasteiger partial charge < -0.3 is 14.5 Å². The number of aromatic nitrogens is 6. The molecule has 1 aliphatic heterocycles. The van der Waals surface area contributed by atoms with Gasteiger partial charge in [-0.05, 0) is 50.5 Å². The van der Waals surface area contributed by atoms with Crippen LogP contribution in [-0.4, -0.2) is 42.8 Å². The topological polar surface area (TPSA) is 78.4 Å². The van der Waals surface area contributed by atoms with Crippen molar-refractivity contribution in [1.82, 2.24) is 29.7 Å². The monoisotopic (exact) mass is 411 g/mol. The van der Waals surface area contributed by atoms with E-state index in [1.54, 1.807) is 0 Å². The average Bonchev–Trinajstić information content (AvgIpc) is 3.50. The summed E-state index contributed by atoms with van der Waals surface area (Å²) in [5.74, 6) is 2.07. The first-order valence-electron chi connectivity index (χ1n) is 10.9. The Balaban J connectivity index is 1.47. The van der Waals surface area contributed by atoms with Gasteiger partial charge in [0.25, 0.3) is 0 Å². The summed E-state index contributed by atoms with van der Waals surface area (Å²) in [6.07, 6.45) is 7.60. The number of aromatic amines is 2. The lowest BCUT2D eigenvalue weighted by Crippen LogP contribution is -2.30. The molecule has 0 spiro atoms. The van der Waals surface area contributed by atoms with Gasteiger partial charge in [0.15, 0.2) is 0 Å². The summed E-state index contributed by atoms with van der Waals surface area (Å²) in [4.78, 5) is 15.2. The SMILES string of the molecule is Cc1ncc(-c2ccc3[nH]nc(-c4cc5c(N6CCCCC6)nccc5[nH]4)c3c2)n1C. The summed E-state index contributed by atoms with van der Waals surface area (Å²) < 4.78 is 2.11. The highest BCUT2D eigenvalue weighted by molar-refractivity contribution is 6.00. The number of rotatable bonds is 3. The number of hydrogen-bond donors (Lipinski definition) is 2. The minimum Gasteiger partial charge on any atom is -0.356 e. The Morgan fingerprint density at radius 2 is 1.81 bits per heavy atom. The van der Waals surface area contributed by atoms with Crippen molar-refractivity contribution in [2.75, 3.05) is 18.0 Å². The fourth-order valence-electron chi connectivity index (χ4n) is 4.67. The maximum Gasteiger partial charge on any atom is 0.137 e. The maximum atomic E-state index is 4.72. The highest BCUT2D eigenvalue weighted by atomic mass is 15.2. The second-order valence-corrected chi connectivity index (χ2v) is 8.41. The third kappa shape index (κ3) is 2.91. The van der Waals surface area contributed by atoms with Gasteiger partial charge in [0.1, 0.15) is 17.3 Å². The van der Waals surface area contributed by atoms with Gasteiger partial charge in [0.2, 0.25) is 0 Å². The van der Waals surface area contributed by atoms with Gasteiger partial charge in [-0.15, -0.1) is 0 Å². The Bertz CT molecular complexity index is 1400. The fraction of sp³-hybridized carbons (Fsp3) is 0.292. The van der Waals surface area contributed by atoms with Crippen LogP contribution in [0.15, 0.2) is 42.7 Å². The average molecular weight is 412 g/mol. The summed E-state index contributed by atoms with van der Waals surface area (Å²) in [7, 11) is 2.05. The minimum atomic E-state index is 0.927. The van der Waals surface area contributed by atoms with E-state index in [1.165, 1.54) is 19.3 Å². The van der Waals surface area contributed by atoms with E-state index in [9.17, 15) is 0 Å². The lowest BCUT2D eigenvalue weighted by atomic mass is 10.1. The molecule has 7 nitrogen and oxygen atoms in total. The van der Waals surface area contributed by atoms with Crippen LogP contribution in [-0.2, 0) is 7.05 Å². The predicted molar refractivity (Wildman–Crippen MR) is 124 cm³/mol. The number of piperidine rings is 1. The van der Waals surface area contributed by atoms with E-state index in [2.05, 4.69) is 53.9 Å². The van der Waals surface area contributed by atoms with Crippen molar-refractivity contribution < 1.29 is 0 Å². The Hall–Kier alpha value is -3.61. The molecule has 6 rings (SSSR count). The van der Waals surface area contributed by atoms with Gasteiger partial charge >= 0.3 is 0 Å². The minimum absolute atomic E-state index is 0.927. The molecule has 2 N–H and O–H groups in total. The molecule has 0 unspecified atom stereocenters. The molecule has 1 aromatic carbocycles. The van der Waals surface area contributed by atoms with Crippen LogP contribution in [0.2, 0.25) is 0 Å². The van der Waals surface area contributed by atoms with Gasteiger partial charge in [-0.3, -0.25) is 5.10 Å². The van der Waals surface area contributed by atoms with E-state index in [4.69, 9.17) is 4.98 Å². The summed E-state index contributed by atoms with van der Waals surface area (Å²) in [5.41, 5.74) is 6.28. The zero-order valence-electron chi connectivity index (χ0n) is 17.8. The molecule has 4 aromatic heterocycles. The van der Waals surface area contributed by atoms with Crippen LogP contribution in [0.4, 0.5) is 5.82 Å². The molecule has 5 aromatic rings. The molecule has 0 radical (unpaired) electrons. The van der Waals surface area contributed by atoms with Gasteiger partial charge in [-0.2, -0.15) is 5.10 Å². The van der Waals surface area contributed by atoms with Crippen molar-refractivity contribution in [3.05, 3.63) is 48.5 Å². The molecule has 0 saturated carbocycles. The molecule has 0 aliphatic carbocycles. The summed E-state index contributed by atoms with van der Waals surface area (Å²) in [6, 6.07) is 10.6. The predicted octanol–water partition coefficient (Wildman–Crippen LogP) is 4.81.